The van der Waals surface area contributed by atoms with Gasteiger partial charge in [-0.2, -0.15) is 11.8 Å². The zero-order valence-electron chi connectivity index (χ0n) is 6.21. The van der Waals surface area contributed by atoms with E-state index in [9.17, 15) is 10.2 Å². The number of thioether (sulfide) groups is 1. The van der Waals surface area contributed by atoms with E-state index in [1.54, 1.807) is 6.26 Å². The van der Waals surface area contributed by atoms with Crippen molar-refractivity contribution in [2.75, 3.05) is 6.26 Å². The molecule has 5 N–H and O–H groups in total. The van der Waals surface area contributed by atoms with Crippen LogP contribution in [0.2, 0.25) is 0 Å². The molecule has 1 fully saturated rings. The molecule has 4 nitrogen and oxygen atoms in total. The lowest BCUT2D eigenvalue weighted by molar-refractivity contribution is -0.0198. The third kappa shape index (κ3) is 1.39. The second-order valence-electron chi connectivity index (χ2n) is 2.75. The van der Waals surface area contributed by atoms with Gasteiger partial charge in [-0.15, -0.1) is 0 Å². The summed E-state index contributed by atoms with van der Waals surface area (Å²) in [5.74, 6) is 0. The Morgan fingerprint density at radius 3 is 1.82 bits per heavy atom. The van der Waals surface area contributed by atoms with Gasteiger partial charge >= 0.3 is 0 Å². The predicted molar refractivity (Wildman–Crippen MR) is 43.3 cm³/mol. The third-order valence-corrected chi connectivity index (χ3v) is 3.22. The summed E-state index contributed by atoms with van der Waals surface area (Å²) in [5.41, 5.74) is 5.52. The summed E-state index contributed by atoms with van der Waals surface area (Å²) in [6, 6.07) is -0.532. The molecule has 1 aliphatic carbocycles. The number of aliphatic hydroxyl groups excluding tert-OH is 3. The first kappa shape index (κ1) is 9.28. The molecule has 0 bridgehead atoms. The van der Waals surface area contributed by atoms with E-state index in [-0.39, 0.29) is 5.25 Å². The van der Waals surface area contributed by atoms with Gasteiger partial charge in [0.1, 0.15) is 6.10 Å². The first-order chi connectivity index (χ1) is 5.09. The highest BCUT2D eigenvalue weighted by molar-refractivity contribution is 7.99. The summed E-state index contributed by atoms with van der Waals surface area (Å²) in [4.78, 5) is 0. The zero-order chi connectivity index (χ0) is 8.59. The van der Waals surface area contributed by atoms with Crippen LogP contribution in [-0.4, -0.2) is 51.2 Å². The molecule has 0 saturated heterocycles. The molecule has 1 rings (SSSR count). The normalized spacial score (nSPS) is 51.5. The van der Waals surface area contributed by atoms with Crippen molar-refractivity contribution in [1.82, 2.24) is 0 Å². The maximum Gasteiger partial charge on any atom is 0.108 e. The van der Waals surface area contributed by atoms with E-state index in [1.807, 2.05) is 0 Å². The second-order valence-corrected chi connectivity index (χ2v) is 3.77. The highest BCUT2D eigenvalue weighted by Crippen LogP contribution is 2.28. The maximum absolute atomic E-state index is 9.29. The van der Waals surface area contributed by atoms with Crippen LogP contribution < -0.4 is 5.73 Å². The van der Waals surface area contributed by atoms with E-state index in [0.717, 1.165) is 0 Å². The molecule has 0 radical (unpaired) electrons. The fourth-order valence-electron chi connectivity index (χ4n) is 1.34. The van der Waals surface area contributed by atoms with Crippen LogP contribution in [0.15, 0.2) is 0 Å². The van der Waals surface area contributed by atoms with E-state index < -0.39 is 24.4 Å². The molecule has 1 saturated carbocycles. The number of aliphatic hydroxyl groups is 3. The molecule has 5 heteroatoms. The lowest BCUT2D eigenvalue weighted by Gasteiger charge is -2.15. The van der Waals surface area contributed by atoms with Crippen molar-refractivity contribution in [3.8, 4) is 0 Å². The van der Waals surface area contributed by atoms with Gasteiger partial charge in [-0.3, -0.25) is 0 Å². The average Bonchev–Trinajstić information content (AvgIpc) is 2.17. The molecule has 0 aromatic heterocycles. The minimum Gasteiger partial charge on any atom is -0.389 e. The van der Waals surface area contributed by atoms with Crippen LogP contribution in [0.5, 0.6) is 0 Å². The van der Waals surface area contributed by atoms with Gasteiger partial charge in [0.05, 0.1) is 17.5 Å². The fraction of sp³-hybridized carbons (Fsp3) is 1.00. The van der Waals surface area contributed by atoms with Crippen molar-refractivity contribution < 1.29 is 15.3 Å². The second kappa shape index (κ2) is 3.28. The minimum absolute atomic E-state index is 0.264. The summed E-state index contributed by atoms with van der Waals surface area (Å²) in [6.45, 7) is 0. The first-order valence-corrected chi connectivity index (χ1v) is 4.71. The van der Waals surface area contributed by atoms with Gasteiger partial charge in [-0.1, -0.05) is 0 Å². The quantitative estimate of drug-likeness (QED) is 0.379. The molecular formula is C6H13NO3S. The van der Waals surface area contributed by atoms with Crippen LogP contribution in [0.4, 0.5) is 0 Å². The van der Waals surface area contributed by atoms with Gasteiger partial charge in [-0.25, -0.2) is 0 Å². The van der Waals surface area contributed by atoms with E-state index in [2.05, 4.69) is 0 Å². The van der Waals surface area contributed by atoms with Crippen molar-refractivity contribution in [3.63, 3.8) is 0 Å². The van der Waals surface area contributed by atoms with Crippen molar-refractivity contribution >= 4 is 11.8 Å². The Hall–Kier alpha value is 0.190. The standard InChI is InChI=1S/C6H13NO3S/c1-11-6-2(7)3(8)4(9)5(6)10/h2-6,8-10H,7H2,1H3/t2-,3-,4+,5+,6+/m0/s1. The largest absolute Gasteiger partial charge is 0.389 e. The molecule has 0 amide bonds. The highest BCUT2D eigenvalue weighted by atomic mass is 32.2. The lowest BCUT2D eigenvalue weighted by Crippen LogP contribution is -2.39. The molecule has 0 aromatic rings. The van der Waals surface area contributed by atoms with Crippen molar-refractivity contribution in [1.29, 1.82) is 0 Å². The molecule has 0 spiro atoms. The van der Waals surface area contributed by atoms with Crippen LogP contribution in [0.25, 0.3) is 0 Å². The SMILES string of the molecule is CS[C@@H]1[C@@H](N)[C@H](O)[C@@H](O)[C@H]1O. The van der Waals surface area contributed by atoms with Gasteiger partial charge in [0.2, 0.25) is 0 Å². The summed E-state index contributed by atoms with van der Waals surface area (Å²) in [6.07, 6.45) is -1.21. The van der Waals surface area contributed by atoms with Gasteiger partial charge < -0.3 is 21.1 Å². The third-order valence-electron chi connectivity index (χ3n) is 2.08. The molecule has 0 heterocycles. The lowest BCUT2D eigenvalue weighted by atomic mass is 10.2. The topological polar surface area (TPSA) is 86.7 Å². The van der Waals surface area contributed by atoms with Crippen LogP contribution >= 0.6 is 11.8 Å². The van der Waals surface area contributed by atoms with Crippen LogP contribution in [0.1, 0.15) is 0 Å². The smallest absolute Gasteiger partial charge is 0.108 e. The molecular weight excluding hydrogens is 166 g/mol. The van der Waals surface area contributed by atoms with Crippen LogP contribution in [0, 0.1) is 0 Å². The number of rotatable bonds is 1. The fourth-order valence-corrected chi connectivity index (χ4v) is 2.26. The van der Waals surface area contributed by atoms with Gasteiger partial charge in [0.15, 0.2) is 0 Å². The Balaban J connectivity index is 2.69. The molecule has 0 unspecified atom stereocenters. The maximum atomic E-state index is 9.29. The Labute approximate surface area is 69.4 Å². The zero-order valence-corrected chi connectivity index (χ0v) is 7.03. The van der Waals surface area contributed by atoms with E-state index >= 15 is 0 Å². The van der Waals surface area contributed by atoms with Gasteiger partial charge in [0.25, 0.3) is 0 Å². The van der Waals surface area contributed by atoms with E-state index in [1.165, 1.54) is 11.8 Å². The molecule has 1 aliphatic rings. The summed E-state index contributed by atoms with van der Waals surface area (Å²) >= 11 is 1.36. The van der Waals surface area contributed by atoms with Crippen LogP contribution in [0.3, 0.4) is 0 Å². The first-order valence-electron chi connectivity index (χ1n) is 3.42. The molecule has 0 aliphatic heterocycles. The number of hydrogen-bond donors (Lipinski definition) is 4. The number of hydrogen-bond acceptors (Lipinski definition) is 5. The van der Waals surface area contributed by atoms with Gasteiger partial charge in [-0.05, 0) is 6.26 Å². The predicted octanol–water partition coefficient (Wildman–Crippen LogP) is -1.86. The Kier molecular flexibility index (Phi) is 2.77. The molecule has 5 atom stereocenters. The Morgan fingerprint density at radius 1 is 1.09 bits per heavy atom. The monoisotopic (exact) mass is 179 g/mol. The van der Waals surface area contributed by atoms with E-state index in [4.69, 9.17) is 10.8 Å². The van der Waals surface area contributed by atoms with Crippen molar-refractivity contribution in [2.24, 2.45) is 5.73 Å². The highest BCUT2D eigenvalue weighted by Gasteiger charge is 2.46. The van der Waals surface area contributed by atoms with Crippen molar-refractivity contribution in [2.45, 2.75) is 29.6 Å². The Morgan fingerprint density at radius 2 is 1.64 bits per heavy atom. The number of nitrogens with two attached hydrogens (primary N) is 1. The summed E-state index contributed by atoms with van der Waals surface area (Å²) < 4.78 is 0. The molecule has 11 heavy (non-hydrogen) atoms. The van der Waals surface area contributed by atoms with Gasteiger partial charge in [0, 0.05) is 6.04 Å². The van der Waals surface area contributed by atoms with Crippen LogP contribution in [-0.2, 0) is 0 Å². The van der Waals surface area contributed by atoms with Crippen molar-refractivity contribution in [3.05, 3.63) is 0 Å². The minimum atomic E-state index is -1.09. The summed E-state index contributed by atoms with van der Waals surface area (Å²) in [5, 5.41) is 27.4. The van der Waals surface area contributed by atoms with E-state index in [0.29, 0.717) is 0 Å². The Bertz CT molecular complexity index is 132. The molecule has 66 valence electrons. The summed E-state index contributed by atoms with van der Waals surface area (Å²) in [7, 11) is 0. The molecule has 0 aromatic carbocycles. The average molecular weight is 179 g/mol.